The number of nitrogens with zero attached hydrogens (tertiary/aromatic N) is 1. The number of halogens is 3. The molecule has 2 aromatic carbocycles. The molecule has 0 saturated heterocycles. The van der Waals surface area contributed by atoms with Gasteiger partial charge in [-0.25, -0.2) is 4.98 Å². The van der Waals surface area contributed by atoms with Crippen molar-refractivity contribution in [2.45, 2.75) is 6.18 Å². The molecule has 0 atom stereocenters. The van der Waals surface area contributed by atoms with Crippen LogP contribution in [0.3, 0.4) is 0 Å². The summed E-state index contributed by atoms with van der Waals surface area (Å²) in [6.07, 6.45) is -2.87. The third-order valence-corrected chi connectivity index (χ3v) is 3.86. The van der Waals surface area contributed by atoms with Crippen molar-refractivity contribution in [1.82, 2.24) is 15.0 Å². The van der Waals surface area contributed by atoms with Crippen LogP contribution in [0.4, 0.5) is 13.2 Å². The van der Waals surface area contributed by atoms with Gasteiger partial charge >= 0.3 is 6.18 Å². The predicted octanol–water partition coefficient (Wildman–Crippen LogP) is 4.29. The number of alkyl halides is 3. The summed E-state index contributed by atoms with van der Waals surface area (Å²) in [7, 11) is 0. The summed E-state index contributed by atoms with van der Waals surface area (Å²) in [4.78, 5) is 22.4. The average molecular weight is 329 g/mol. The molecule has 24 heavy (non-hydrogen) atoms. The number of imidazole rings is 1. The lowest BCUT2D eigenvalue weighted by atomic mass is 10.1. The Kier molecular flexibility index (Phi) is 2.99. The molecule has 4 aromatic rings. The Morgan fingerprint density at radius 1 is 1.04 bits per heavy atom. The van der Waals surface area contributed by atoms with Crippen molar-refractivity contribution >= 4 is 27.7 Å². The zero-order valence-corrected chi connectivity index (χ0v) is 12.1. The highest BCUT2D eigenvalue weighted by Crippen LogP contribution is 2.31. The van der Waals surface area contributed by atoms with Gasteiger partial charge in [-0.3, -0.25) is 4.79 Å². The summed E-state index contributed by atoms with van der Waals surface area (Å²) in [5.74, 6) is -0.369. The Hall–Kier alpha value is -3.09. The molecule has 0 saturated carbocycles. The summed E-state index contributed by atoms with van der Waals surface area (Å²) in [5, 5.41) is 0.735. The monoisotopic (exact) mass is 329 g/mol. The number of rotatable bonds is 2. The zero-order valence-electron chi connectivity index (χ0n) is 12.1. The third kappa shape index (κ3) is 2.25. The zero-order chi connectivity index (χ0) is 16.9. The molecule has 0 aliphatic heterocycles. The lowest BCUT2D eigenvalue weighted by Crippen LogP contribution is -2.04. The highest BCUT2D eigenvalue weighted by molar-refractivity contribution is 6.15. The number of para-hydroxylation sites is 1. The van der Waals surface area contributed by atoms with Crippen LogP contribution in [0.1, 0.15) is 21.7 Å². The molecule has 0 radical (unpaired) electrons. The maximum atomic E-state index is 12.8. The summed E-state index contributed by atoms with van der Waals surface area (Å²) in [6.45, 7) is 0. The van der Waals surface area contributed by atoms with Gasteiger partial charge in [-0.05, 0) is 24.3 Å². The molecule has 2 N–H and O–H groups in total. The molecule has 2 aromatic heterocycles. The lowest BCUT2D eigenvalue weighted by molar-refractivity contribution is -0.137. The van der Waals surface area contributed by atoms with E-state index >= 15 is 0 Å². The third-order valence-electron chi connectivity index (χ3n) is 3.86. The Morgan fingerprint density at radius 2 is 1.83 bits per heavy atom. The molecule has 2 heterocycles. The van der Waals surface area contributed by atoms with E-state index in [0.717, 1.165) is 23.0 Å². The topological polar surface area (TPSA) is 61.5 Å². The van der Waals surface area contributed by atoms with Gasteiger partial charge in [-0.2, -0.15) is 13.2 Å². The summed E-state index contributed by atoms with van der Waals surface area (Å²) in [5.41, 5.74) is 0.918. The van der Waals surface area contributed by atoms with E-state index in [1.807, 2.05) is 12.1 Å². The first-order valence-corrected chi connectivity index (χ1v) is 7.11. The van der Waals surface area contributed by atoms with Crippen molar-refractivity contribution in [3.05, 3.63) is 65.6 Å². The molecule has 0 amide bonds. The fourth-order valence-electron chi connectivity index (χ4n) is 2.68. The average Bonchev–Trinajstić information content (AvgIpc) is 3.16. The van der Waals surface area contributed by atoms with Crippen LogP contribution in [-0.4, -0.2) is 20.7 Å². The molecular weight excluding hydrogens is 319 g/mol. The van der Waals surface area contributed by atoms with Gasteiger partial charge in [0, 0.05) is 17.1 Å². The van der Waals surface area contributed by atoms with Crippen LogP contribution in [0, 0.1) is 0 Å². The maximum Gasteiger partial charge on any atom is 0.416 e. The van der Waals surface area contributed by atoms with Gasteiger partial charge < -0.3 is 9.97 Å². The maximum absolute atomic E-state index is 12.8. The lowest BCUT2D eigenvalue weighted by Gasteiger charge is -2.05. The van der Waals surface area contributed by atoms with E-state index in [0.29, 0.717) is 11.1 Å². The van der Waals surface area contributed by atoms with Crippen molar-refractivity contribution in [2.75, 3.05) is 0 Å². The second kappa shape index (κ2) is 4.95. The minimum absolute atomic E-state index is 0.00841. The first kappa shape index (κ1) is 14.5. The number of aromatic nitrogens is 3. The van der Waals surface area contributed by atoms with E-state index in [-0.39, 0.29) is 17.1 Å². The molecule has 0 fully saturated rings. The van der Waals surface area contributed by atoms with Crippen molar-refractivity contribution in [1.29, 1.82) is 0 Å². The first-order valence-electron chi connectivity index (χ1n) is 7.11. The van der Waals surface area contributed by atoms with Gasteiger partial charge in [-0.1, -0.05) is 18.2 Å². The second-order valence-corrected chi connectivity index (χ2v) is 5.39. The van der Waals surface area contributed by atoms with Gasteiger partial charge in [0.05, 0.1) is 22.2 Å². The number of nitrogens with one attached hydrogen (secondary N) is 2. The minimum atomic E-state index is -4.44. The fraction of sp³-hybridized carbons (Fsp3) is 0.0588. The van der Waals surface area contributed by atoms with Gasteiger partial charge in [0.15, 0.2) is 5.82 Å². The number of hydrogen-bond acceptors (Lipinski definition) is 2. The number of aromatic amines is 2. The summed E-state index contributed by atoms with van der Waals surface area (Å²) < 4.78 is 38.3. The van der Waals surface area contributed by atoms with Crippen molar-refractivity contribution in [2.24, 2.45) is 0 Å². The number of hydrogen-bond donors (Lipinski definition) is 2. The Bertz CT molecular complexity index is 1080. The first-order chi connectivity index (χ1) is 11.4. The van der Waals surface area contributed by atoms with E-state index in [2.05, 4.69) is 15.0 Å². The van der Waals surface area contributed by atoms with Crippen LogP contribution in [0.25, 0.3) is 21.9 Å². The van der Waals surface area contributed by atoms with Crippen LogP contribution >= 0.6 is 0 Å². The highest BCUT2D eigenvalue weighted by Gasteiger charge is 2.31. The van der Waals surface area contributed by atoms with Crippen LogP contribution in [-0.2, 0) is 6.18 Å². The number of ketones is 1. The number of carbonyl (C=O) groups is 1. The van der Waals surface area contributed by atoms with Crippen LogP contribution < -0.4 is 0 Å². The van der Waals surface area contributed by atoms with Crippen LogP contribution in [0.2, 0.25) is 0 Å². The van der Waals surface area contributed by atoms with Crippen LogP contribution in [0.5, 0.6) is 0 Å². The number of fused-ring (bicyclic) bond motifs is 2. The smallest absolute Gasteiger partial charge is 0.360 e. The molecule has 7 heteroatoms. The standard InChI is InChI=1S/C17H10F3N3O/c18-17(19,20)9-5-6-13-14(7-9)23-16(22-13)15(24)11-8-21-12-4-2-1-3-10(11)12/h1-8,21H,(H,22,23). The molecule has 0 aliphatic carbocycles. The van der Waals surface area contributed by atoms with E-state index in [9.17, 15) is 18.0 Å². The van der Waals surface area contributed by atoms with Crippen molar-refractivity contribution in [3.63, 3.8) is 0 Å². The van der Waals surface area contributed by atoms with Gasteiger partial charge in [0.1, 0.15) is 0 Å². The fourth-order valence-corrected chi connectivity index (χ4v) is 2.68. The van der Waals surface area contributed by atoms with E-state index in [1.54, 1.807) is 18.3 Å². The highest BCUT2D eigenvalue weighted by atomic mass is 19.4. The largest absolute Gasteiger partial charge is 0.416 e. The van der Waals surface area contributed by atoms with Crippen molar-refractivity contribution in [3.8, 4) is 0 Å². The molecule has 0 unspecified atom stereocenters. The Morgan fingerprint density at radius 3 is 2.62 bits per heavy atom. The van der Waals surface area contributed by atoms with Gasteiger partial charge in [0.2, 0.25) is 5.78 Å². The number of carbonyl (C=O) groups excluding carboxylic acids is 1. The summed E-state index contributed by atoms with van der Waals surface area (Å²) in [6, 6.07) is 10.4. The van der Waals surface area contributed by atoms with E-state index in [1.165, 1.54) is 6.07 Å². The molecule has 0 aliphatic rings. The van der Waals surface area contributed by atoms with E-state index < -0.39 is 11.7 Å². The molecule has 0 bridgehead atoms. The van der Waals surface area contributed by atoms with E-state index in [4.69, 9.17) is 0 Å². The normalized spacial score (nSPS) is 12.1. The van der Waals surface area contributed by atoms with Gasteiger partial charge in [0.25, 0.3) is 0 Å². The molecular formula is C17H10F3N3O. The number of H-pyrrole nitrogens is 2. The summed E-state index contributed by atoms with van der Waals surface area (Å²) >= 11 is 0. The predicted molar refractivity (Wildman–Crippen MR) is 82.8 cm³/mol. The number of benzene rings is 2. The Labute approximate surface area is 133 Å². The van der Waals surface area contributed by atoms with Crippen LogP contribution in [0.15, 0.2) is 48.7 Å². The van der Waals surface area contributed by atoms with Gasteiger partial charge in [-0.15, -0.1) is 0 Å². The quantitative estimate of drug-likeness (QED) is 0.539. The molecule has 4 nitrogen and oxygen atoms in total. The van der Waals surface area contributed by atoms with Crippen molar-refractivity contribution < 1.29 is 18.0 Å². The molecule has 4 rings (SSSR count). The Balaban J connectivity index is 1.80. The molecule has 0 spiro atoms. The second-order valence-electron chi connectivity index (χ2n) is 5.39. The SMILES string of the molecule is O=C(c1nc2ccc(C(F)(F)F)cc2[nH]1)c1c[nH]c2ccccc12. The molecule has 120 valence electrons. The minimum Gasteiger partial charge on any atom is -0.360 e.